The molecule has 0 aromatic heterocycles. The van der Waals surface area contributed by atoms with Crippen molar-refractivity contribution in [1.29, 1.82) is 0 Å². The Morgan fingerprint density at radius 2 is 1.71 bits per heavy atom. The maximum Gasteiger partial charge on any atom is 0.306 e. The van der Waals surface area contributed by atoms with Crippen molar-refractivity contribution in [1.82, 2.24) is 0 Å². The highest BCUT2D eigenvalue weighted by Gasteiger charge is 2.15. The number of carbonyl (C=O) groups excluding carboxylic acids is 2. The van der Waals surface area contributed by atoms with Gasteiger partial charge in [0, 0.05) is 6.07 Å². The summed E-state index contributed by atoms with van der Waals surface area (Å²) in [5.74, 6) is -1.02. The van der Waals surface area contributed by atoms with Crippen LogP contribution in [0.25, 0.3) is 0 Å². The predicted octanol–water partition coefficient (Wildman–Crippen LogP) is 3.54. The standard InChI is InChI=1S/C17H23NO6/c1-2-3-4-7-12-23-16(19)10-11-17(20)24-13-14-8-5-6-9-15(14)18(21)22/h5-6,8-9H,2-4,7,10-13H2,1H3. The zero-order chi connectivity index (χ0) is 17.8. The highest BCUT2D eigenvalue weighted by Crippen LogP contribution is 2.18. The number of nitro groups is 1. The summed E-state index contributed by atoms with van der Waals surface area (Å²) in [6.07, 6.45) is 3.90. The average molecular weight is 337 g/mol. The molecule has 0 aliphatic heterocycles. The highest BCUT2D eigenvalue weighted by molar-refractivity contribution is 5.77. The van der Waals surface area contributed by atoms with E-state index in [0.29, 0.717) is 12.2 Å². The summed E-state index contributed by atoms with van der Waals surface area (Å²) in [6.45, 7) is 2.27. The first-order chi connectivity index (χ1) is 11.5. The number of esters is 2. The van der Waals surface area contributed by atoms with Crippen molar-refractivity contribution < 1.29 is 24.0 Å². The van der Waals surface area contributed by atoms with Crippen LogP contribution in [0.2, 0.25) is 0 Å². The summed E-state index contributed by atoms with van der Waals surface area (Å²) < 4.78 is 9.99. The number of nitro benzene ring substituents is 1. The molecule has 0 heterocycles. The summed E-state index contributed by atoms with van der Waals surface area (Å²) in [6, 6.07) is 6.04. The minimum absolute atomic E-state index is 0.0521. The van der Waals surface area contributed by atoms with E-state index in [9.17, 15) is 19.7 Å². The number of rotatable bonds is 11. The number of benzene rings is 1. The number of hydrogen-bond acceptors (Lipinski definition) is 6. The molecule has 132 valence electrons. The first-order valence-electron chi connectivity index (χ1n) is 8.08. The molecule has 0 spiro atoms. The molecule has 0 unspecified atom stereocenters. The lowest BCUT2D eigenvalue weighted by Gasteiger charge is -2.06. The van der Waals surface area contributed by atoms with E-state index in [1.807, 2.05) is 0 Å². The molecule has 1 aromatic rings. The van der Waals surface area contributed by atoms with Gasteiger partial charge in [-0.3, -0.25) is 19.7 Å². The van der Waals surface area contributed by atoms with E-state index in [1.165, 1.54) is 12.1 Å². The number of hydrogen-bond donors (Lipinski definition) is 0. The molecular weight excluding hydrogens is 314 g/mol. The molecule has 0 bridgehead atoms. The van der Waals surface area contributed by atoms with Gasteiger partial charge in [0.2, 0.25) is 0 Å². The largest absolute Gasteiger partial charge is 0.466 e. The quantitative estimate of drug-likeness (QED) is 0.265. The second-order valence-corrected chi connectivity index (χ2v) is 5.33. The second-order valence-electron chi connectivity index (χ2n) is 5.33. The van der Waals surface area contributed by atoms with Gasteiger partial charge in [0.1, 0.15) is 6.61 Å². The van der Waals surface area contributed by atoms with Gasteiger partial charge in [-0.1, -0.05) is 38.3 Å². The van der Waals surface area contributed by atoms with Crippen LogP contribution in [-0.2, 0) is 25.7 Å². The fourth-order valence-corrected chi connectivity index (χ4v) is 2.03. The van der Waals surface area contributed by atoms with Crippen LogP contribution in [0.15, 0.2) is 24.3 Å². The molecule has 24 heavy (non-hydrogen) atoms. The third-order valence-corrected chi connectivity index (χ3v) is 3.37. The van der Waals surface area contributed by atoms with E-state index in [1.54, 1.807) is 12.1 Å². The summed E-state index contributed by atoms with van der Waals surface area (Å²) >= 11 is 0. The summed E-state index contributed by atoms with van der Waals surface area (Å²) in [4.78, 5) is 33.4. The van der Waals surface area contributed by atoms with Crippen molar-refractivity contribution in [3.8, 4) is 0 Å². The molecule has 0 saturated carbocycles. The molecule has 0 saturated heterocycles. The van der Waals surface area contributed by atoms with Crippen LogP contribution in [0.4, 0.5) is 5.69 Å². The Bertz CT molecular complexity index is 558. The second kappa shape index (κ2) is 11.2. The van der Waals surface area contributed by atoms with Crippen LogP contribution in [0.3, 0.4) is 0 Å². The first kappa shape index (κ1) is 19.6. The Hall–Kier alpha value is -2.44. The summed E-state index contributed by atoms with van der Waals surface area (Å²) in [7, 11) is 0. The molecule has 7 heteroatoms. The maximum atomic E-state index is 11.6. The van der Waals surface area contributed by atoms with Gasteiger partial charge < -0.3 is 9.47 Å². The smallest absolute Gasteiger partial charge is 0.306 e. The molecule has 0 aliphatic carbocycles. The normalized spacial score (nSPS) is 10.2. The van der Waals surface area contributed by atoms with Crippen molar-refractivity contribution in [2.45, 2.75) is 52.1 Å². The minimum atomic E-state index is -0.587. The molecule has 0 radical (unpaired) electrons. The van der Waals surface area contributed by atoms with Crippen molar-refractivity contribution >= 4 is 17.6 Å². The fourth-order valence-electron chi connectivity index (χ4n) is 2.03. The van der Waals surface area contributed by atoms with Crippen LogP contribution in [-0.4, -0.2) is 23.5 Å². The Morgan fingerprint density at radius 3 is 2.38 bits per heavy atom. The van der Waals surface area contributed by atoms with Crippen molar-refractivity contribution in [2.75, 3.05) is 6.61 Å². The average Bonchev–Trinajstić information content (AvgIpc) is 2.58. The van der Waals surface area contributed by atoms with E-state index in [0.717, 1.165) is 25.7 Å². The minimum Gasteiger partial charge on any atom is -0.466 e. The Morgan fingerprint density at radius 1 is 1.04 bits per heavy atom. The zero-order valence-electron chi connectivity index (χ0n) is 13.9. The molecule has 0 amide bonds. The zero-order valence-corrected chi connectivity index (χ0v) is 13.9. The van der Waals surface area contributed by atoms with E-state index in [2.05, 4.69) is 6.92 Å². The van der Waals surface area contributed by atoms with Crippen molar-refractivity contribution in [3.63, 3.8) is 0 Å². The van der Waals surface area contributed by atoms with Gasteiger partial charge >= 0.3 is 11.9 Å². The van der Waals surface area contributed by atoms with Gasteiger partial charge in [0.25, 0.3) is 5.69 Å². The third-order valence-electron chi connectivity index (χ3n) is 3.37. The van der Waals surface area contributed by atoms with Crippen molar-refractivity contribution in [2.24, 2.45) is 0 Å². The Labute approximate surface area is 141 Å². The Balaban J connectivity index is 2.25. The number of para-hydroxylation sites is 1. The van der Waals surface area contributed by atoms with Crippen LogP contribution in [0.5, 0.6) is 0 Å². The first-order valence-corrected chi connectivity index (χ1v) is 8.08. The van der Waals surface area contributed by atoms with Gasteiger partial charge in [-0.15, -0.1) is 0 Å². The van der Waals surface area contributed by atoms with Gasteiger partial charge in [-0.2, -0.15) is 0 Å². The molecule has 0 atom stereocenters. The highest BCUT2D eigenvalue weighted by atomic mass is 16.6. The van der Waals surface area contributed by atoms with Gasteiger partial charge in [-0.05, 0) is 12.5 Å². The summed E-state index contributed by atoms with van der Waals surface area (Å²) in [5, 5.41) is 10.9. The van der Waals surface area contributed by atoms with Crippen LogP contribution >= 0.6 is 0 Å². The molecular formula is C17H23NO6. The Kier molecular flexibility index (Phi) is 9.11. The molecule has 0 fully saturated rings. The van der Waals surface area contributed by atoms with E-state index >= 15 is 0 Å². The molecule has 1 aromatic carbocycles. The van der Waals surface area contributed by atoms with Crippen LogP contribution in [0.1, 0.15) is 51.0 Å². The molecule has 7 nitrogen and oxygen atoms in total. The SMILES string of the molecule is CCCCCCOC(=O)CCC(=O)OCc1ccccc1[N+](=O)[O-]. The monoisotopic (exact) mass is 337 g/mol. The lowest BCUT2D eigenvalue weighted by atomic mass is 10.2. The van der Waals surface area contributed by atoms with Crippen LogP contribution in [0, 0.1) is 10.1 Å². The van der Waals surface area contributed by atoms with Gasteiger partial charge in [0.05, 0.1) is 29.9 Å². The van der Waals surface area contributed by atoms with Crippen LogP contribution < -0.4 is 0 Å². The topological polar surface area (TPSA) is 95.7 Å². The lowest BCUT2D eigenvalue weighted by Crippen LogP contribution is -2.11. The predicted molar refractivity (Wildman–Crippen MR) is 87.2 cm³/mol. The van der Waals surface area contributed by atoms with E-state index < -0.39 is 16.9 Å². The number of nitrogens with zero attached hydrogens (tertiary/aromatic N) is 1. The number of unbranched alkanes of at least 4 members (excludes halogenated alkanes) is 3. The maximum absolute atomic E-state index is 11.6. The number of ether oxygens (including phenoxy) is 2. The molecule has 0 N–H and O–H groups in total. The van der Waals surface area contributed by atoms with E-state index in [4.69, 9.17) is 9.47 Å². The summed E-state index contributed by atoms with van der Waals surface area (Å²) in [5.41, 5.74) is 0.214. The van der Waals surface area contributed by atoms with E-state index in [-0.39, 0.29) is 25.1 Å². The van der Waals surface area contributed by atoms with Crippen molar-refractivity contribution in [3.05, 3.63) is 39.9 Å². The fraction of sp³-hybridized carbons (Fsp3) is 0.529. The lowest BCUT2D eigenvalue weighted by molar-refractivity contribution is -0.385. The van der Waals surface area contributed by atoms with Gasteiger partial charge in [0.15, 0.2) is 0 Å². The van der Waals surface area contributed by atoms with Gasteiger partial charge in [-0.25, -0.2) is 0 Å². The number of carbonyl (C=O) groups is 2. The molecule has 0 aliphatic rings. The third kappa shape index (κ3) is 7.71. The molecule has 1 rings (SSSR count).